The fraction of sp³-hybridized carbons (Fsp3) is 0.636. The first-order chi connectivity index (χ1) is 8.82. The summed E-state index contributed by atoms with van der Waals surface area (Å²) >= 11 is 1.44. The van der Waals surface area contributed by atoms with Gasteiger partial charge in [-0.05, 0) is 13.8 Å². The Kier molecular flexibility index (Phi) is 3.53. The number of rotatable bonds is 2. The first kappa shape index (κ1) is 13.9. The van der Waals surface area contributed by atoms with Gasteiger partial charge in [0.1, 0.15) is 18.6 Å². The van der Waals surface area contributed by atoms with E-state index in [1.165, 1.54) is 21.6 Å². The van der Waals surface area contributed by atoms with Gasteiger partial charge < -0.3 is 9.80 Å². The molecule has 0 radical (unpaired) electrons. The monoisotopic (exact) mass is 285 g/mol. The molecule has 4 amide bonds. The highest BCUT2D eigenvalue weighted by molar-refractivity contribution is 8.00. The third-order valence-electron chi connectivity index (χ3n) is 3.24. The predicted molar refractivity (Wildman–Crippen MR) is 68.0 cm³/mol. The van der Waals surface area contributed by atoms with Crippen molar-refractivity contribution in [3.05, 3.63) is 0 Å². The van der Waals surface area contributed by atoms with Gasteiger partial charge in [0.05, 0.1) is 11.6 Å². The van der Waals surface area contributed by atoms with Gasteiger partial charge in [-0.15, -0.1) is 11.8 Å². The van der Waals surface area contributed by atoms with E-state index in [1.807, 2.05) is 0 Å². The van der Waals surface area contributed by atoms with E-state index in [9.17, 15) is 19.2 Å². The highest BCUT2D eigenvalue weighted by Crippen LogP contribution is 2.20. The number of carbonyl (C=O) groups is 4. The second-order valence-electron chi connectivity index (χ2n) is 4.99. The smallest absolute Gasteiger partial charge is 0.252 e. The fourth-order valence-corrected chi connectivity index (χ4v) is 2.88. The Hall–Kier alpha value is -1.57. The highest BCUT2D eigenvalue weighted by atomic mass is 32.2. The standard InChI is InChI=1S/C11H15N3O4S/c1-11(2)10(18)12-7(15)3-14(11)8(16)4-13-6-19-5-9(13)17/h3-6H2,1-2H3,(H,12,15,18). The molecular formula is C11H15N3O4S. The molecule has 1 N–H and O–H groups in total. The molecule has 19 heavy (non-hydrogen) atoms. The summed E-state index contributed by atoms with van der Waals surface area (Å²) in [4.78, 5) is 49.4. The molecule has 0 aromatic rings. The number of nitrogens with zero attached hydrogens (tertiary/aromatic N) is 2. The zero-order valence-corrected chi connectivity index (χ0v) is 11.6. The average Bonchev–Trinajstić information content (AvgIpc) is 2.70. The largest absolute Gasteiger partial charge is 0.323 e. The zero-order valence-electron chi connectivity index (χ0n) is 10.8. The second-order valence-corrected chi connectivity index (χ2v) is 5.94. The molecule has 8 heteroatoms. The maximum Gasteiger partial charge on any atom is 0.252 e. The molecular weight excluding hydrogens is 270 g/mol. The zero-order chi connectivity index (χ0) is 14.2. The number of amides is 4. The van der Waals surface area contributed by atoms with Crippen molar-refractivity contribution in [3.8, 4) is 0 Å². The summed E-state index contributed by atoms with van der Waals surface area (Å²) in [5, 5.41) is 2.20. The maximum atomic E-state index is 12.2. The van der Waals surface area contributed by atoms with Gasteiger partial charge in [0.2, 0.25) is 17.7 Å². The lowest BCUT2D eigenvalue weighted by Gasteiger charge is -2.40. The lowest BCUT2D eigenvalue weighted by Crippen LogP contribution is -2.66. The molecule has 2 aliphatic rings. The van der Waals surface area contributed by atoms with Crippen molar-refractivity contribution in [3.63, 3.8) is 0 Å². The highest BCUT2D eigenvalue weighted by Gasteiger charge is 2.44. The van der Waals surface area contributed by atoms with Crippen LogP contribution in [0.2, 0.25) is 0 Å². The summed E-state index contributed by atoms with van der Waals surface area (Å²) in [5.74, 6) is -0.637. The first-order valence-corrected chi connectivity index (χ1v) is 6.98. The molecule has 2 heterocycles. The van der Waals surface area contributed by atoms with Gasteiger partial charge in [0.25, 0.3) is 5.91 Å². The van der Waals surface area contributed by atoms with Crippen molar-refractivity contribution >= 4 is 35.4 Å². The molecule has 2 aliphatic heterocycles. The van der Waals surface area contributed by atoms with Gasteiger partial charge in [-0.1, -0.05) is 0 Å². The number of carbonyl (C=O) groups excluding carboxylic acids is 4. The van der Waals surface area contributed by atoms with Crippen molar-refractivity contribution in [2.45, 2.75) is 19.4 Å². The SMILES string of the molecule is CC1(C)C(=O)NC(=O)CN1C(=O)CN1CSCC1=O. The van der Waals surface area contributed by atoms with Gasteiger partial charge in [-0.2, -0.15) is 0 Å². The third-order valence-corrected chi connectivity index (χ3v) is 4.18. The van der Waals surface area contributed by atoms with Crippen LogP contribution in [0.15, 0.2) is 0 Å². The minimum atomic E-state index is -1.08. The molecule has 2 rings (SSSR count). The van der Waals surface area contributed by atoms with Crippen LogP contribution in [0, 0.1) is 0 Å². The third kappa shape index (κ3) is 2.58. The summed E-state index contributed by atoms with van der Waals surface area (Å²) < 4.78 is 0. The number of thioether (sulfide) groups is 1. The van der Waals surface area contributed by atoms with Gasteiger partial charge in [0.15, 0.2) is 0 Å². The van der Waals surface area contributed by atoms with E-state index in [2.05, 4.69) is 5.32 Å². The molecule has 0 atom stereocenters. The van der Waals surface area contributed by atoms with Crippen LogP contribution in [0.3, 0.4) is 0 Å². The second kappa shape index (κ2) is 4.84. The Morgan fingerprint density at radius 1 is 1.37 bits per heavy atom. The Bertz CT molecular complexity index is 463. The Morgan fingerprint density at radius 2 is 2.05 bits per heavy atom. The molecule has 0 unspecified atom stereocenters. The predicted octanol–water partition coefficient (Wildman–Crippen LogP) is -1.22. The molecule has 2 fully saturated rings. The number of hydrogen-bond donors (Lipinski definition) is 1. The van der Waals surface area contributed by atoms with Crippen molar-refractivity contribution in [1.82, 2.24) is 15.1 Å². The molecule has 0 aliphatic carbocycles. The van der Waals surface area contributed by atoms with E-state index in [-0.39, 0.29) is 24.9 Å². The minimum Gasteiger partial charge on any atom is -0.323 e. The summed E-state index contributed by atoms with van der Waals surface area (Å²) in [7, 11) is 0. The topological polar surface area (TPSA) is 86.8 Å². The normalized spacial score (nSPS) is 22.7. The molecule has 0 bridgehead atoms. The molecule has 0 spiro atoms. The lowest BCUT2D eigenvalue weighted by atomic mass is 9.98. The van der Waals surface area contributed by atoms with Gasteiger partial charge in [-0.25, -0.2) is 0 Å². The van der Waals surface area contributed by atoms with Crippen molar-refractivity contribution < 1.29 is 19.2 Å². The molecule has 104 valence electrons. The van der Waals surface area contributed by atoms with E-state index >= 15 is 0 Å². The van der Waals surface area contributed by atoms with Crippen LogP contribution < -0.4 is 5.32 Å². The summed E-state index contributed by atoms with van der Waals surface area (Å²) in [6, 6.07) is 0. The van der Waals surface area contributed by atoms with E-state index in [0.29, 0.717) is 11.6 Å². The number of nitrogens with one attached hydrogen (secondary N) is 1. The first-order valence-electron chi connectivity index (χ1n) is 5.82. The Labute approximate surface area is 114 Å². The maximum absolute atomic E-state index is 12.2. The number of hydrogen-bond acceptors (Lipinski definition) is 5. The Morgan fingerprint density at radius 3 is 2.63 bits per heavy atom. The van der Waals surface area contributed by atoms with Gasteiger partial charge >= 0.3 is 0 Å². The van der Waals surface area contributed by atoms with E-state index in [4.69, 9.17) is 0 Å². The van der Waals surface area contributed by atoms with Crippen LogP contribution in [-0.2, 0) is 19.2 Å². The van der Waals surface area contributed by atoms with Crippen LogP contribution in [0.5, 0.6) is 0 Å². The van der Waals surface area contributed by atoms with Crippen molar-refractivity contribution in [1.29, 1.82) is 0 Å². The summed E-state index contributed by atoms with van der Waals surface area (Å²) in [5.41, 5.74) is -1.08. The fourth-order valence-electron chi connectivity index (χ4n) is 1.97. The lowest BCUT2D eigenvalue weighted by molar-refractivity contribution is -0.156. The Balaban J connectivity index is 2.10. The number of imide groups is 1. The van der Waals surface area contributed by atoms with E-state index < -0.39 is 17.4 Å². The average molecular weight is 285 g/mol. The summed E-state index contributed by atoms with van der Waals surface area (Å²) in [6.45, 7) is 2.91. The number of piperazine rings is 1. The van der Waals surface area contributed by atoms with E-state index in [0.717, 1.165) is 0 Å². The van der Waals surface area contributed by atoms with Crippen LogP contribution in [0.25, 0.3) is 0 Å². The summed E-state index contributed by atoms with van der Waals surface area (Å²) in [6.07, 6.45) is 0. The molecule has 2 saturated heterocycles. The van der Waals surface area contributed by atoms with Crippen LogP contribution in [-0.4, -0.2) is 63.7 Å². The molecule has 7 nitrogen and oxygen atoms in total. The van der Waals surface area contributed by atoms with Crippen molar-refractivity contribution in [2.75, 3.05) is 24.7 Å². The van der Waals surface area contributed by atoms with E-state index in [1.54, 1.807) is 13.8 Å². The minimum absolute atomic E-state index is 0.0875. The van der Waals surface area contributed by atoms with Gasteiger partial charge in [-0.3, -0.25) is 24.5 Å². The van der Waals surface area contributed by atoms with Crippen LogP contribution in [0.1, 0.15) is 13.8 Å². The van der Waals surface area contributed by atoms with Gasteiger partial charge in [0, 0.05) is 0 Å². The molecule has 0 aromatic carbocycles. The van der Waals surface area contributed by atoms with Crippen LogP contribution >= 0.6 is 11.8 Å². The molecule has 0 aromatic heterocycles. The van der Waals surface area contributed by atoms with Crippen molar-refractivity contribution in [2.24, 2.45) is 0 Å². The molecule has 0 saturated carbocycles. The van der Waals surface area contributed by atoms with Crippen LogP contribution in [0.4, 0.5) is 0 Å². The quantitative estimate of drug-likeness (QED) is 0.643.